The molecule has 2 aromatic rings. The van der Waals surface area contributed by atoms with E-state index < -0.39 is 34.5 Å². The first-order valence-corrected chi connectivity index (χ1v) is 17.9. The number of hydrogen-bond donors (Lipinski definition) is 2. The highest BCUT2D eigenvalue weighted by Gasteiger charge is 2.52. The molecule has 12 heteroatoms. The number of H-pyrrole nitrogens is 1. The third kappa shape index (κ3) is 5.42. The average Bonchev–Trinajstić information content (AvgIpc) is 3.25. The highest BCUT2D eigenvalue weighted by molar-refractivity contribution is 6.74. The molecule has 3 heterocycles. The second-order valence-electron chi connectivity index (χ2n) is 12.5. The quantitative estimate of drug-likeness (QED) is 0.519. The van der Waals surface area contributed by atoms with Crippen LogP contribution in [0.1, 0.15) is 47.8 Å². The van der Waals surface area contributed by atoms with Crippen molar-refractivity contribution in [3.05, 3.63) is 16.7 Å². The van der Waals surface area contributed by atoms with Crippen LogP contribution in [0.4, 0.5) is 5.95 Å². The number of anilines is 1. The highest BCUT2D eigenvalue weighted by atomic mass is 28.4. The summed E-state index contributed by atoms with van der Waals surface area (Å²) in [6, 6.07) is 0. The van der Waals surface area contributed by atoms with Gasteiger partial charge in [-0.3, -0.25) is 14.3 Å². The summed E-state index contributed by atoms with van der Waals surface area (Å²) in [4.78, 5) is 23.4. The molecule has 0 radical (unpaired) electrons. The Morgan fingerprint density at radius 3 is 2.23 bits per heavy atom. The number of aromatic nitrogens is 4. The topological polar surface area (TPSA) is 127 Å². The number of hydrogen-bond acceptors (Lipinski definition) is 8. The fourth-order valence-electron chi connectivity index (χ4n) is 3.61. The lowest BCUT2D eigenvalue weighted by Gasteiger charge is -2.41. The third-order valence-electron chi connectivity index (χ3n) is 7.93. The number of rotatable bonds is 7. The first kappa shape index (κ1) is 28.0. The number of ether oxygens (including phenoxy) is 2. The van der Waals surface area contributed by atoms with Gasteiger partial charge < -0.3 is 24.1 Å². The fraction of sp³-hybridized carbons (Fsp3) is 0.783. The van der Waals surface area contributed by atoms with Crippen molar-refractivity contribution >= 4 is 33.7 Å². The molecule has 0 spiro atoms. The van der Waals surface area contributed by atoms with Crippen molar-refractivity contribution in [2.45, 2.75) is 102 Å². The zero-order valence-electron chi connectivity index (χ0n) is 23.1. The minimum Gasteiger partial charge on any atom is -0.414 e. The Morgan fingerprint density at radius 2 is 1.69 bits per heavy atom. The molecule has 2 aromatic heterocycles. The molecular formula is C23H43N5O5Si2. The van der Waals surface area contributed by atoms with Crippen LogP contribution in [0.5, 0.6) is 0 Å². The van der Waals surface area contributed by atoms with Crippen LogP contribution in [0.15, 0.2) is 11.1 Å². The van der Waals surface area contributed by atoms with Crippen molar-refractivity contribution in [3.8, 4) is 0 Å². The fourth-order valence-corrected chi connectivity index (χ4v) is 5.95. The molecule has 0 unspecified atom stereocenters. The largest absolute Gasteiger partial charge is 0.414 e. The number of nitrogen functional groups attached to an aromatic ring is 1. The van der Waals surface area contributed by atoms with Crippen molar-refractivity contribution in [3.63, 3.8) is 0 Å². The Labute approximate surface area is 210 Å². The van der Waals surface area contributed by atoms with Gasteiger partial charge in [0.25, 0.3) is 5.56 Å². The molecule has 35 heavy (non-hydrogen) atoms. The first-order chi connectivity index (χ1) is 15.9. The lowest BCUT2D eigenvalue weighted by Crippen LogP contribution is -2.51. The van der Waals surface area contributed by atoms with Gasteiger partial charge in [0.1, 0.15) is 18.3 Å². The molecule has 4 atom stereocenters. The van der Waals surface area contributed by atoms with E-state index in [4.69, 9.17) is 24.1 Å². The predicted molar refractivity (Wildman–Crippen MR) is 142 cm³/mol. The van der Waals surface area contributed by atoms with Gasteiger partial charge in [-0.15, -0.1) is 0 Å². The van der Waals surface area contributed by atoms with E-state index in [0.29, 0.717) is 12.3 Å². The predicted octanol–water partition coefficient (Wildman–Crippen LogP) is 4.03. The number of nitrogens with two attached hydrogens (primary N) is 1. The molecule has 0 bridgehead atoms. The smallest absolute Gasteiger partial charge is 0.280 e. The number of imidazole rings is 1. The number of aromatic amines is 1. The monoisotopic (exact) mass is 525 g/mol. The first-order valence-electron chi connectivity index (χ1n) is 12.1. The molecule has 3 rings (SSSR count). The summed E-state index contributed by atoms with van der Waals surface area (Å²) < 4.78 is 27.7. The van der Waals surface area contributed by atoms with Crippen LogP contribution in [0.2, 0.25) is 36.3 Å². The van der Waals surface area contributed by atoms with Gasteiger partial charge in [-0.2, -0.15) is 4.98 Å². The Kier molecular flexibility index (Phi) is 7.50. The summed E-state index contributed by atoms with van der Waals surface area (Å²) in [5.74, 6) is 0.0168. The molecule has 1 aliphatic heterocycles. The molecule has 10 nitrogen and oxygen atoms in total. The Bertz CT molecular complexity index is 1100. The van der Waals surface area contributed by atoms with Crippen molar-refractivity contribution < 1.29 is 18.3 Å². The summed E-state index contributed by atoms with van der Waals surface area (Å²) in [6.07, 6.45) is -0.264. The van der Waals surface area contributed by atoms with Gasteiger partial charge in [-0.05, 0) is 36.3 Å². The van der Waals surface area contributed by atoms with Gasteiger partial charge in [0, 0.05) is 7.11 Å². The van der Waals surface area contributed by atoms with E-state index in [2.05, 4.69) is 82.7 Å². The van der Waals surface area contributed by atoms with Crippen molar-refractivity contribution in [1.29, 1.82) is 0 Å². The summed E-state index contributed by atoms with van der Waals surface area (Å²) in [6.45, 7) is 22.5. The molecule has 0 aliphatic carbocycles. The zero-order valence-corrected chi connectivity index (χ0v) is 25.1. The van der Waals surface area contributed by atoms with Crippen molar-refractivity contribution in [1.82, 2.24) is 19.5 Å². The summed E-state index contributed by atoms with van der Waals surface area (Å²) in [7, 11) is -2.58. The van der Waals surface area contributed by atoms with Crippen molar-refractivity contribution in [2.75, 3.05) is 19.5 Å². The van der Waals surface area contributed by atoms with Crippen LogP contribution < -0.4 is 11.3 Å². The van der Waals surface area contributed by atoms with E-state index in [-0.39, 0.29) is 33.7 Å². The molecule has 1 saturated heterocycles. The summed E-state index contributed by atoms with van der Waals surface area (Å²) in [5.41, 5.74) is 5.97. The number of methoxy groups -OCH3 is 1. The Balaban J connectivity index is 2.02. The van der Waals surface area contributed by atoms with Gasteiger partial charge in [0.05, 0.1) is 12.9 Å². The normalized spacial score (nSPS) is 24.4. The van der Waals surface area contributed by atoms with E-state index in [1.165, 1.54) is 0 Å². The van der Waals surface area contributed by atoms with E-state index in [0.717, 1.165) is 0 Å². The molecule has 0 aromatic carbocycles. The standard InChI is InChI=1S/C23H43N5O5Si2/c1-22(2,3)34(8,9)31-12-14-16(33-35(10,11)23(4,5)6)17(30-7)20(32-14)28-13-25-15-18(28)26-21(24)27-19(15)29/h13-14,16-17,20H,12H2,1-11H3,(H3,24,26,27,29)/t14-,16-,17-,20-/m1/s1. The van der Waals surface area contributed by atoms with Crippen molar-refractivity contribution in [2.24, 2.45) is 0 Å². The maximum atomic E-state index is 12.4. The molecule has 1 aliphatic rings. The van der Waals surface area contributed by atoms with Gasteiger partial charge in [0.15, 0.2) is 34.0 Å². The Hall–Kier alpha value is -1.58. The maximum absolute atomic E-state index is 12.4. The molecule has 0 amide bonds. The third-order valence-corrected chi connectivity index (χ3v) is 16.9. The number of nitrogens with one attached hydrogen (secondary N) is 1. The summed E-state index contributed by atoms with van der Waals surface area (Å²) in [5, 5.41) is 0.0592. The van der Waals surface area contributed by atoms with E-state index >= 15 is 0 Å². The minimum atomic E-state index is -2.19. The number of fused-ring (bicyclic) bond motifs is 1. The second kappa shape index (κ2) is 9.38. The molecule has 0 saturated carbocycles. The average molecular weight is 526 g/mol. The van der Waals surface area contributed by atoms with Crippen LogP contribution in [0.3, 0.4) is 0 Å². The lowest BCUT2D eigenvalue weighted by atomic mass is 10.1. The maximum Gasteiger partial charge on any atom is 0.280 e. The molecule has 1 fully saturated rings. The van der Waals surface area contributed by atoms with Crippen LogP contribution in [0.25, 0.3) is 11.2 Å². The minimum absolute atomic E-state index is 0.000776. The van der Waals surface area contributed by atoms with Crippen LogP contribution in [0, 0.1) is 0 Å². The van der Waals surface area contributed by atoms with Gasteiger partial charge >= 0.3 is 0 Å². The van der Waals surface area contributed by atoms with E-state index in [9.17, 15) is 4.79 Å². The van der Waals surface area contributed by atoms with Gasteiger partial charge in [-0.1, -0.05) is 41.5 Å². The highest BCUT2D eigenvalue weighted by Crippen LogP contribution is 2.43. The molecular weight excluding hydrogens is 482 g/mol. The SMILES string of the molecule is CO[C@@H]1[C@H](O[Si](C)(C)C(C)(C)C)[C@@H](CO[Si](C)(C)C(C)(C)C)O[C@H]1n1cnc2c(=O)[nH]c(N)nc21. The van der Waals surface area contributed by atoms with E-state index in [1.807, 2.05) is 0 Å². The van der Waals surface area contributed by atoms with Gasteiger partial charge in [-0.25, -0.2) is 4.98 Å². The van der Waals surface area contributed by atoms with Crippen LogP contribution in [-0.2, 0) is 18.3 Å². The summed E-state index contributed by atoms with van der Waals surface area (Å²) >= 11 is 0. The number of nitrogens with zero attached hydrogens (tertiary/aromatic N) is 3. The second-order valence-corrected chi connectivity index (χ2v) is 22.0. The van der Waals surface area contributed by atoms with Gasteiger partial charge in [0.2, 0.25) is 5.95 Å². The Morgan fingerprint density at radius 1 is 1.09 bits per heavy atom. The molecule has 3 N–H and O–H groups in total. The van der Waals surface area contributed by atoms with Crippen LogP contribution >= 0.6 is 0 Å². The van der Waals surface area contributed by atoms with Crippen LogP contribution in [-0.4, -0.2) is 68.2 Å². The zero-order chi connectivity index (χ0) is 26.6. The lowest BCUT2D eigenvalue weighted by molar-refractivity contribution is -0.0570. The van der Waals surface area contributed by atoms with E-state index in [1.54, 1.807) is 18.0 Å². The molecule has 198 valence electrons.